The summed E-state index contributed by atoms with van der Waals surface area (Å²) in [6, 6.07) is 25.8. The van der Waals surface area contributed by atoms with Gasteiger partial charge in [0, 0.05) is 18.5 Å². The van der Waals surface area contributed by atoms with Crippen molar-refractivity contribution in [3.63, 3.8) is 0 Å². The maximum Gasteiger partial charge on any atom is 0.243 e. The van der Waals surface area contributed by atoms with E-state index < -0.39 is 10.0 Å². The molecule has 180 valence electrons. The highest BCUT2D eigenvalue weighted by molar-refractivity contribution is 7.89. The molecule has 5 rings (SSSR count). The summed E-state index contributed by atoms with van der Waals surface area (Å²) >= 11 is 1.59. The number of nitrogens with zero attached hydrogens (tertiary/aromatic N) is 3. The molecule has 0 radical (unpaired) electrons. The van der Waals surface area contributed by atoms with Crippen LogP contribution < -0.4 is 4.80 Å². The first-order valence-corrected chi connectivity index (χ1v) is 14.3. The lowest BCUT2D eigenvalue weighted by Crippen LogP contribution is -2.35. The lowest BCUT2D eigenvalue weighted by molar-refractivity contribution is 0.346. The van der Waals surface area contributed by atoms with Crippen LogP contribution in [0.1, 0.15) is 30.4 Å². The number of hydrogen-bond donors (Lipinski definition) is 0. The van der Waals surface area contributed by atoms with Crippen molar-refractivity contribution in [1.29, 1.82) is 0 Å². The normalized spacial score (nSPS) is 15.4. The second-order valence-corrected chi connectivity index (χ2v) is 11.7. The van der Waals surface area contributed by atoms with Gasteiger partial charge in [-0.15, -0.1) is 11.3 Å². The molecule has 0 amide bonds. The number of aromatic nitrogens is 1. The average molecular weight is 504 g/mol. The number of piperidine rings is 1. The van der Waals surface area contributed by atoms with Gasteiger partial charge in [-0.25, -0.2) is 13.4 Å². The van der Waals surface area contributed by atoms with Gasteiger partial charge in [0.2, 0.25) is 10.0 Å². The first-order chi connectivity index (χ1) is 17.0. The fourth-order valence-electron chi connectivity index (χ4n) is 4.35. The van der Waals surface area contributed by atoms with Crippen LogP contribution in [0.3, 0.4) is 0 Å². The van der Waals surface area contributed by atoms with Crippen LogP contribution >= 0.6 is 11.3 Å². The molecule has 1 aromatic heterocycles. The Morgan fingerprint density at radius 1 is 0.857 bits per heavy atom. The Labute approximate surface area is 211 Å². The molecule has 5 nitrogen and oxygen atoms in total. The van der Waals surface area contributed by atoms with Gasteiger partial charge in [-0.3, -0.25) is 0 Å². The van der Waals surface area contributed by atoms with Crippen LogP contribution in [0, 0.1) is 6.92 Å². The zero-order valence-electron chi connectivity index (χ0n) is 19.8. The summed E-state index contributed by atoms with van der Waals surface area (Å²) in [5.74, 6) is 0. The van der Waals surface area contributed by atoms with Crippen molar-refractivity contribution in [3.8, 4) is 11.3 Å². The van der Waals surface area contributed by atoms with Gasteiger partial charge in [-0.05, 0) is 55.2 Å². The van der Waals surface area contributed by atoms with Crippen molar-refractivity contribution < 1.29 is 8.42 Å². The van der Waals surface area contributed by atoms with Crippen LogP contribution in [0.15, 0.2) is 94.1 Å². The molecular weight excluding hydrogens is 474 g/mol. The number of thiazole rings is 1. The van der Waals surface area contributed by atoms with Crippen LogP contribution in [-0.2, 0) is 16.6 Å². The highest BCUT2D eigenvalue weighted by Crippen LogP contribution is 2.26. The number of hydrogen-bond acceptors (Lipinski definition) is 4. The predicted molar refractivity (Wildman–Crippen MR) is 142 cm³/mol. The highest BCUT2D eigenvalue weighted by Gasteiger charge is 2.25. The van der Waals surface area contributed by atoms with Gasteiger partial charge < -0.3 is 4.57 Å². The first-order valence-electron chi connectivity index (χ1n) is 11.9. The predicted octanol–water partition coefficient (Wildman–Crippen LogP) is 5.98. The minimum absolute atomic E-state index is 0.359. The van der Waals surface area contributed by atoms with Crippen molar-refractivity contribution in [2.45, 2.75) is 37.6 Å². The molecule has 4 aromatic rings. The maximum atomic E-state index is 13.1. The van der Waals surface area contributed by atoms with Crippen LogP contribution in [-0.4, -0.2) is 30.4 Å². The van der Waals surface area contributed by atoms with Crippen molar-refractivity contribution in [2.75, 3.05) is 13.1 Å². The minimum Gasteiger partial charge on any atom is -0.312 e. The Hall–Kier alpha value is -3.00. The summed E-state index contributed by atoms with van der Waals surface area (Å²) in [4.78, 5) is 6.18. The summed E-state index contributed by atoms with van der Waals surface area (Å²) in [5.41, 5.74) is 5.29. The monoisotopic (exact) mass is 503 g/mol. The summed E-state index contributed by atoms with van der Waals surface area (Å²) in [6.45, 7) is 3.96. The largest absolute Gasteiger partial charge is 0.312 e. The van der Waals surface area contributed by atoms with Gasteiger partial charge in [-0.1, -0.05) is 66.6 Å². The zero-order chi connectivity index (χ0) is 24.3. The molecule has 1 fully saturated rings. The molecule has 1 aliphatic heterocycles. The third-order valence-electron chi connectivity index (χ3n) is 6.34. The van der Waals surface area contributed by atoms with E-state index in [1.54, 1.807) is 27.8 Å². The second-order valence-electron chi connectivity index (χ2n) is 8.91. The summed E-state index contributed by atoms with van der Waals surface area (Å²) < 4.78 is 30.0. The SMILES string of the molecule is Cc1ccc(N=c2scc(-c3ccc(S(=O)(=O)N4CCCCC4)cc3)n2Cc2ccccc2)cc1. The van der Waals surface area contributed by atoms with Crippen LogP contribution in [0.5, 0.6) is 0 Å². The minimum atomic E-state index is -3.45. The first kappa shape index (κ1) is 23.7. The Morgan fingerprint density at radius 3 is 2.23 bits per heavy atom. The van der Waals surface area contributed by atoms with E-state index in [0.29, 0.717) is 24.5 Å². The molecule has 0 aliphatic carbocycles. The van der Waals surface area contributed by atoms with Crippen LogP contribution in [0.25, 0.3) is 11.3 Å². The van der Waals surface area contributed by atoms with E-state index in [1.807, 2.05) is 42.5 Å². The fraction of sp³-hybridized carbons (Fsp3) is 0.250. The Balaban J connectivity index is 1.52. The molecular formula is C28H29N3O2S2. The lowest BCUT2D eigenvalue weighted by Gasteiger charge is -2.25. The topological polar surface area (TPSA) is 54.7 Å². The lowest BCUT2D eigenvalue weighted by atomic mass is 10.1. The fourth-order valence-corrected chi connectivity index (χ4v) is 6.80. The van der Waals surface area contributed by atoms with E-state index in [2.05, 4.69) is 41.1 Å². The molecule has 3 aromatic carbocycles. The second kappa shape index (κ2) is 10.3. The van der Waals surface area contributed by atoms with Gasteiger partial charge in [0.05, 0.1) is 22.8 Å². The molecule has 7 heteroatoms. The number of sulfonamides is 1. The molecule has 0 saturated carbocycles. The van der Waals surface area contributed by atoms with Gasteiger partial charge >= 0.3 is 0 Å². The standard InChI is InChI=1S/C28H29N3O2S2/c1-22-10-14-25(15-11-22)29-28-31(20-23-8-4-2-5-9-23)27(21-34-28)24-12-16-26(17-13-24)35(32,33)30-18-6-3-7-19-30/h2,4-5,8-17,21H,3,6-7,18-20H2,1H3. The number of rotatable bonds is 6. The van der Waals surface area contributed by atoms with E-state index in [0.717, 1.165) is 41.0 Å². The zero-order valence-corrected chi connectivity index (χ0v) is 21.4. The summed E-state index contributed by atoms with van der Waals surface area (Å²) in [7, 11) is -3.45. The van der Waals surface area contributed by atoms with Crippen LogP contribution in [0.4, 0.5) is 5.69 Å². The summed E-state index contributed by atoms with van der Waals surface area (Å²) in [5, 5.41) is 2.10. The van der Waals surface area contributed by atoms with Gasteiger partial charge in [0.25, 0.3) is 0 Å². The molecule has 0 unspecified atom stereocenters. The molecule has 0 bridgehead atoms. The quantitative estimate of drug-likeness (QED) is 0.325. The molecule has 2 heterocycles. The highest BCUT2D eigenvalue weighted by atomic mass is 32.2. The number of aryl methyl sites for hydroxylation is 1. The average Bonchev–Trinajstić information content (AvgIpc) is 3.28. The van der Waals surface area contributed by atoms with Crippen LogP contribution in [0.2, 0.25) is 0 Å². The Kier molecular flexibility index (Phi) is 7.00. The van der Waals surface area contributed by atoms with E-state index in [9.17, 15) is 8.42 Å². The Bertz CT molecular complexity index is 1450. The maximum absolute atomic E-state index is 13.1. The molecule has 1 aliphatic rings. The summed E-state index contributed by atoms with van der Waals surface area (Å²) in [6.07, 6.45) is 2.96. The van der Waals surface area contributed by atoms with E-state index in [4.69, 9.17) is 4.99 Å². The smallest absolute Gasteiger partial charge is 0.243 e. The molecule has 1 saturated heterocycles. The molecule has 35 heavy (non-hydrogen) atoms. The van der Waals surface area contributed by atoms with Crippen molar-refractivity contribution in [3.05, 3.63) is 100 Å². The van der Waals surface area contributed by atoms with Gasteiger partial charge in [0.1, 0.15) is 0 Å². The molecule has 0 N–H and O–H groups in total. The molecule has 0 spiro atoms. The van der Waals surface area contributed by atoms with E-state index in [1.165, 1.54) is 11.1 Å². The van der Waals surface area contributed by atoms with Crippen molar-refractivity contribution in [2.24, 2.45) is 4.99 Å². The Morgan fingerprint density at radius 2 is 1.54 bits per heavy atom. The third kappa shape index (κ3) is 5.32. The van der Waals surface area contributed by atoms with Crippen molar-refractivity contribution >= 4 is 27.0 Å². The van der Waals surface area contributed by atoms with Gasteiger partial charge in [0.15, 0.2) is 4.80 Å². The van der Waals surface area contributed by atoms with Crippen molar-refractivity contribution in [1.82, 2.24) is 8.87 Å². The number of benzene rings is 3. The van der Waals surface area contributed by atoms with Gasteiger partial charge in [-0.2, -0.15) is 4.31 Å². The molecule has 0 atom stereocenters. The third-order valence-corrected chi connectivity index (χ3v) is 9.12. The van der Waals surface area contributed by atoms with E-state index >= 15 is 0 Å². The van der Waals surface area contributed by atoms with E-state index in [-0.39, 0.29) is 0 Å².